The minimum atomic E-state index is 0.0772. The molecule has 9 rings (SSSR count). The maximum atomic E-state index is 12.0. The lowest BCUT2D eigenvalue weighted by molar-refractivity contribution is 0.295. The van der Waals surface area contributed by atoms with Gasteiger partial charge in [0, 0.05) is 58.1 Å². The number of aromatic hydroxyl groups is 8. The van der Waals surface area contributed by atoms with E-state index in [1.807, 2.05) is 24.3 Å². The SMILES string of the molecule is CC1=CCC(C(C)C)C=C1.CCCCCCCCc1cc(O)cc(O)c1.CCCCCc1cc(O)c([C@@H]2C=C(C)CCC2C(C)C)c(O)c1.CCCCCc1cc(O)c([C@@H]2C=C(C)CCC2C(C)C)c(O)c1[C@@H]1C=C(C)CC[C@H]1C(C)C.CCCCCc1cc(O)cc(O)c1C1C=C(C)CCC1C(C)C. The van der Waals surface area contributed by atoms with E-state index in [0.717, 1.165) is 146 Å². The van der Waals surface area contributed by atoms with Gasteiger partial charge in [0.1, 0.15) is 46.0 Å². The smallest absolute Gasteiger partial charge is 0.127 e. The average molecular weight is 1440 g/mol. The van der Waals surface area contributed by atoms with Crippen LogP contribution in [0.5, 0.6) is 46.0 Å². The zero-order chi connectivity index (χ0) is 77.6. The number of hydrogen-bond acceptors (Lipinski definition) is 8. The first kappa shape index (κ1) is 89.3. The number of phenols is 8. The van der Waals surface area contributed by atoms with Crippen LogP contribution in [0.1, 0.15) is 354 Å². The van der Waals surface area contributed by atoms with Crippen LogP contribution < -0.4 is 0 Å². The summed E-state index contributed by atoms with van der Waals surface area (Å²) in [6.07, 6.45) is 48.3. The molecule has 9 atom stereocenters. The number of allylic oxidation sites excluding steroid dienone is 12. The van der Waals surface area contributed by atoms with Crippen molar-refractivity contribution in [3.63, 3.8) is 0 Å². The second-order valence-electron chi connectivity index (χ2n) is 34.5. The molecule has 4 aromatic rings. The maximum absolute atomic E-state index is 12.0. The van der Waals surface area contributed by atoms with Gasteiger partial charge in [-0.3, -0.25) is 0 Å². The normalized spacial score (nSPS) is 21.6. The van der Waals surface area contributed by atoms with Gasteiger partial charge in [-0.2, -0.15) is 0 Å². The third-order valence-electron chi connectivity index (χ3n) is 23.9. The van der Waals surface area contributed by atoms with Crippen LogP contribution in [0.25, 0.3) is 0 Å². The van der Waals surface area contributed by atoms with E-state index in [9.17, 15) is 40.9 Å². The molecule has 0 saturated heterocycles. The van der Waals surface area contributed by atoms with E-state index in [2.05, 4.69) is 174 Å². The lowest BCUT2D eigenvalue weighted by Gasteiger charge is -2.37. The fraction of sp³-hybridized carbons (Fsp3) is 0.629. The van der Waals surface area contributed by atoms with Crippen LogP contribution in [0.3, 0.4) is 0 Å². The van der Waals surface area contributed by atoms with Crippen LogP contribution in [0.15, 0.2) is 119 Å². The Morgan fingerprint density at radius 2 is 0.667 bits per heavy atom. The summed E-state index contributed by atoms with van der Waals surface area (Å²) in [5.41, 5.74) is 15.0. The standard InChI is InChI=1S/C31H48O2.2C21H32O2.C14H22O2.C10H16/c1-8-9-10-11-23-18-28(32)30(27-17-22(7)13-15-25(27)20(4)5)31(33)29(23)26-16-21(6)12-14-24(26)19(2)3;1-5-6-7-8-16-12-17(22)13-20(23)21(16)19-11-15(4)9-10-18(19)14(2)3;1-5-6-7-8-16-12-19(22)21(20(23)13-16)18-11-15(4)9-10-17(18)14(2)3;1-2-3-4-5-6-7-8-12-9-13(15)11-14(16)10-12;1-8(2)10-6-4-9(3)5-7-10/h16-20,24-27,32-33H,8-15H2,1-7H3;11-14,18-19,22-23H,5-10H2,1-4H3;11-14,17-18,22-23H,5-10H2,1-4H3;9-11,15-16H,2-8H2,1H3;4-6,8,10H,7H2,1-3H3/t24-,25?,26+,27+;;17?,18-;;/m0.1../s1. The molecule has 0 amide bonds. The van der Waals surface area contributed by atoms with Gasteiger partial charge < -0.3 is 40.9 Å². The first-order valence-corrected chi connectivity index (χ1v) is 42.2. The molecule has 0 bridgehead atoms. The van der Waals surface area contributed by atoms with Gasteiger partial charge in [0.2, 0.25) is 0 Å². The zero-order valence-electron chi connectivity index (χ0n) is 69.6. The Hall–Kier alpha value is -6.28. The monoisotopic (exact) mass is 1440 g/mol. The highest BCUT2D eigenvalue weighted by Crippen LogP contribution is 2.54. The summed E-state index contributed by atoms with van der Waals surface area (Å²) in [4.78, 5) is 0. The van der Waals surface area contributed by atoms with E-state index in [1.54, 1.807) is 12.1 Å². The van der Waals surface area contributed by atoms with Gasteiger partial charge in [-0.25, -0.2) is 0 Å². The van der Waals surface area contributed by atoms with Crippen LogP contribution >= 0.6 is 0 Å². The van der Waals surface area contributed by atoms with E-state index in [-0.39, 0.29) is 58.2 Å². The highest BCUT2D eigenvalue weighted by molar-refractivity contribution is 5.59. The molecule has 5 unspecified atom stereocenters. The van der Waals surface area contributed by atoms with E-state index in [1.165, 1.54) is 130 Å². The fourth-order valence-electron chi connectivity index (χ4n) is 17.5. The number of phenolic OH excluding ortho intramolecular Hbond substituents is 8. The Kier molecular flexibility index (Phi) is 38.7. The molecule has 5 aliphatic rings. The first-order valence-electron chi connectivity index (χ1n) is 42.2. The third kappa shape index (κ3) is 28.0. The van der Waals surface area contributed by atoms with Crippen molar-refractivity contribution in [2.45, 2.75) is 335 Å². The average Bonchev–Trinajstić information content (AvgIpc) is 0.757. The lowest BCUT2D eigenvalue weighted by Crippen LogP contribution is -2.24. The van der Waals surface area contributed by atoms with Gasteiger partial charge in [0.25, 0.3) is 0 Å². The molecule has 105 heavy (non-hydrogen) atoms. The van der Waals surface area contributed by atoms with Gasteiger partial charge in [-0.05, 0) is 262 Å². The lowest BCUT2D eigenvalue weighted by atomic mass is 9.68. The quantitative estimate of drug-likeness (QED) is 0.0206. The molecule has 5 aliphatic carbocycles. The van der Waals surface area contributed by atoms with Crippen molar-refractivity contribution in [2.75, 3.05) is 0 Å². The Morgan fingerprint density at radius 3 is 1.08 bits per heavy atom. The molecule has 8 nitrogen and oxygen atoms in total. The Morgan fingerprint density at radius 1 is 0.333 bits per heavy atom. The van der Waals surface area contributed by atoms with Crippen LogP contribution in [0.4, 0.5) is 0 Å². The molecular weight excluding hydrogens is 1290 g/mol. The number of benzene rings is 4. The molecule has 0 aromatic heterocycles. The van der Waals surface area contributed by atoms with E-state index in [4.69, 9.17) is 0 Å². The summed E-state index contributed by atoms with van der Waals surface area (Å²) in [6.45, 7) is 42.6. The summed E-state index contributed by atoms with van der Waals surface area (Å²) in [5, 5.41) is 83.5. The molecule has 0 saturated carbocycles. The van der Waals surface area contributed by atoms with E-state index < -0.39 is 0 Å². The van der Waals surface area contributed by atoms with Crippen LogP contribution in [-0.2, 0) is 25.7 Å². The number of rotatable bonds is 28. The highest BCUT2D eigenvalue weighted by Gasteiger charge is 2.38. The molecule has 8 heteroatoms. The number of aryl methyl sites for hydroxylation is 4. The summed E-state index contributed by atoms with van der Waals surface area (Å²) in [6, 6.07) is 13.9. The Labute approximate surface area is 640 Å². The summed E-state index contributed by atoms with van der Waals surface area (Å²) < 4.78 is 0. The van der Waals surface area contributed by atoms with Crippen molar-refractivity contribution in [3.05, 3.63) is 163 Å². The van der Waals surface area contributed by atoms with Crippen LogP contribution in [0, 0.1) is 59.2 Å². The topological polar surface area (TPSA) is 162 Å². The van der Waals surface area contributed by atoms with Gasteiger partial charge in [0.15, 0.2) is 0 Å². The second kappa shape index (κ2) is 45.5. The van der Waals surface area contributed by atoms with Crippen LogP contribution in [-0.4, -0.2) is 40.9 Å². The molecule has 0 fully saturated rings. The highest BCUT2D eigenvalue weighted by atomic mass is 16.3. The van der Waals surface area contributed by atoms with Crippen molar-refractivity contribution in [1.82, 2.24) is 0 Å². The minimum absolute atomic E-state index is 0.0772. The zero-order valence-corrected chi connectivity index (χ0v) is 69.6. The molecule has 0 aliphatic heterocycles. The predicted octanol–water partition coefficient (Wildman–Crippen LogP) is 28.0. The maximum Gasteiger partial charge on any atom is 0.127 e. The largest absolute Gasteiger partial charge is 0.508 e. The molecule has 0 heterocycles. The summed E-state index contributed by atoms with van der Waals surface area (Å²) in [5.74, 6) is 8.37. The van der Waals surface area contributed by atoms with Crippen molar-refractivity contribution in [2.24, 2.45) is 59.2 Å². The molecular formula is C97H150O8. The molecule has 4 aromatic carbocycles. The van der Waals surface area contributed by atoms with Gasteiger partial charge in [-0.1, -0.05) is 238 Å². The number of hydrogen-bond donors (Lipinski definition) is 8. The second-order valence-corrected chi connectivity index (χ2v) is 34.5. The third-order valence-corrected chi connectivity index (χ3v) is 23.9. The molecule has 0 spiro atoms. The molecule has 8 N–H and O–H groups in total. The van der Waals surface area contributed by atoms with E-state index >= 15 is 0 Å². The van der Waals surface area contributed by atoms with Crippen molar-refractivity contribution < 1.29 is 40.9 Å². The van der Waals surface area contributed by atoms with Gasteiger partial charge in [-0.15, -0.1) is 0 Å². The Bertz CT molecular complexity index is 3410. The number of unbranched alkanes of at least 4 members (excludes halogenated alkanes) is 11. The summed E-state index contributed by atoms with van der Waals surface area (Å²) in [7, 11) is 0. The predicted molar refractivity (Wildman–Crippen MR) is 448 cm³/mol. The minimum Gasteiger partial charge on any atom is -0.508 e. The van der Waals surface area contributed by atoms with Crippen molar-refractivity contribution in [3.8, 4) is 46.0 Å². The van der Waals surface area contributed by atoms with Crippen LogP contribution in [0.2, 0.25) is 0 Å². The van der Waals surface area contributed by atoms with Gasteiger partial charge in [0.05, 0.1) is 0 Å². The van der Waals surface area contributed by atoms with Crippen molar-refractivity contribution in [1.29, 1.82) is 0 Å². The van der Waals surface area contributed by atoms with Gasteiger partial charge >= 0.3 is 0 Å². The Balaban J connectivity index is 0.000000246. The van der Waals surface area contributed by atoms with E-state index in [0.29, 0.717) is 58.8 Å². The first-order chi connectivity index (χ1) is 49.9. The van der Waals surface area contributed by atoms with Crippen molar-refractivity contribution >= 4 is 0 Å². The fourth-order valence-corrected chi connectivity index (χ4v) is 17.5. The molecule has 586 valence electrons. The summed E-state index contributed by atoms with van der Waals surface area (Å²) >= 11 is 0. The molecule has 0 radical (unpaired) electrons.